The van der Waals surface area contributed by atoms with Crippen LogP contribution in [0.25, 0.3) is 6.08 Å². The van der Waals surface area contributed by atoms with Gasteiger partial charge in [-0.15, -0.1) is 0 Å². The van der Waals surface area contributed by atoms with E-state index in [1.165, 1.54) is 19.3 Å². The zero-order valence-corrected chi connectivity index (χ0v) is 14.7. The molecule has 0 bridgehead atoms. The first-order valence-corrected chi connectivity index (χ1v) is 8.73. The number of ether oxygens (including phenoxy) is 2. The van der Waals surface area contributed by atoms with Crippen molar-refractivity contribution in [1.29, 1.82) is 5.26 Å². The first kappa shape index (κ1) is 19.8. The summed E-state index contributed by atoms with van der Waals surface area (Å²) in [5.41, 5.74) is 0.789. The third kappa shape index (κ3) is 7.82. The SMILES string of the molecule is CCCCCCOc1ccc(/C=C(\C#N)C(=O)OCCCC)cc1. The van der Waals surface area contributed by atoms with E-state index in [4.69, 9.17) is 14.7 Å². The van der Waals surface area contributed by atoms with Gasteiger partial charge in [0.15, 0.2) is 0 Å². The quantitative estimate of drug-likeness (QED) is 0.251. The van der Waals surface area contributed by atoms with Crippen LogP contribution in [0.4, 0.5) is 0 Å². The summed E-state index contributed by atoms with van der Waals surface area (Å²) >= 11 is 0. The Bertz CT molecular complexity index is 555. The van der Waals surface area contributed by atoms with E-state index >= 15 is 0 Å². The standard InChI is InChI=1S/C20H27NO3/c1-3-5-7-8-14-23-19-11-9-17(10-12-19)15-18(16-21)20(22)24-13-6-4-2/h9-12,15H,3-8,13-14H2,1-2H3/b18-15+. The average Bonchev–Trinajstić information content (AvgIpc) is 2.60. The molecule has 0 saturated carbocycles. The number of carbonyl (C=O) groups excluding carboxylic acids is 1. The van der Waals surface area contributed by atoms with Crippen LogP contribution in [0.2, 0.25) is 0 Å². The molecule has 0 N–H and O–H groups in total. The largest absolute Gasteiger partial charge is 0.494 e. The molecule has 0 radical (unpaired) electrons. The highest BCUT2D eigenvalue weighted by molar-refractivity contribution is 5.97. The van der Waals surface area contributed by atoms with Crippen molar-refractivity contribution in [3.8, 4) is 11.8 Å². The molecule has 0 fully saturated rings. The van der Waals surface area contributed by atoms with Crippen molar-refractivity contribution in [2.75, 3.05) is 13.2 Å². The molecule has 0 spiro atoms. The maximum Gasteiger partial charge on any atom is 0.348 e. The van der Waals surface area contributed by atoms with E-state index in [2.05, 4.69) is 6.92 Å². The zero-order valence-electron chi connectivity index (χ0n) is 14.7. The van der Waals surface area contributed by atoms with Crippen LogP contribution in [0.15, 0.2) is 29.8 Å². The number of hydrogen-bond donors (Lipinski definition) is 0. The lowest BCUT2D eigenvalue weighted by Crippen LogP contribution is -2.07. The lowest BCUT2D eigenvalue weighted by Gasteiger charge is -2.06. The van der Waals surface area contributed by atoms with Crippen LogP contribution in [-0.4, -0.2) is 19.2 Å². The summed E-state index contributed by atoms with van der Waals surface area (Å²) in [6, 6.07) is 9.26. The topological polar surface area (TPSA) is 59.3 Å². The summed E-state index contributed by atoms with van der Waals surface area (Å²) < 4.78 is 10.7. The molecule has 1 rings (SSSR count). The highest BCUT2D eigenvalue weighted by atomic mass is 16.5. The Morgan fingerprint density at radius 3 is 2.38 bits per heavy atom. The lowest BCUT2D eigenvalue weighted by molar-refractivity contribution is -0.138. The minimum Gasteiger partial charge on any atom is -0.494 e. The van der Waals surface area contributed by atoms with E-state index < -0.39 is 5.97 Å². The highest BCUT2D eigenvalue weighted by Gasteiger charge is 2.10. The molecule has 0 unspecified atom stereocenters. The predicted molar refractivity (Wildman–Crippen MR) is 95.5 cm³/mol. The zero-order chi connectivity index (χ0) is 17.6. The first-order valence-electron chi connectivity index (χ1n) is 8.73. The van der Waals surface area contributed by atoms with E-state index in [9.17, 15) is 4.79 Å². The molecule has 0 aliphatic carbocycles. The predicted octanol–water partition coefficient (Wildman–Crippen LogP) is 4.90. The Hall–Kier alpha value is -2.28. The van der Waals surface area contributed by atoms with Crippen molar-refractivity contribution in [3.63, 3.8) is 0 Å². The molecule has 0 amide bonds. The number of unbranched alkanes of at least 4 members (excludes halogenated alkanes) is 4. The molecule has 0 atom stereocenters. The molecule has 130 valence electrons. The second kappa shape index (κ2) is 12.2. The molecule has 0 aromatic heterocycles. The maximum atomic E-state index is 11.8. The molecule has 0 heterocycles. The number of hydrogen-bond acceptors (Lipinski definition) is 4. The van der Waals surface area contributed by atoms with Gasteiger partial charge in [-0.2, -0.15) is 5.26 Å². The van der Waals surface area contributed by atoms with Crippen molar-refractivity contribution in [1.82, 2.24) is 0 Å². The van der Waals surface area contributed by atoms with Crippen molar-refractivity contribution in [2.24, 2.45) is 0 Å². The number of nitrogens with zero attached hydrogens (tertiary/aromatic N) is 1. The summed E-state index contributed by atoms with van der Waals surface area (Å²) in [5, 5.41) is 9.11. The van der Waals surface area contributed by atoms with Crippen LogP contribution < -0.4 is 4.74 Å². The van der Waals surface area contributed by atoms with Crippen LogP contribution in [0.5, 0.6) is 5.75 Å². The highest BCUT2D eigenvalue weighted by Crippen LogP contribution is 2.15. The maximum absolute atomic E-state index is 11.8. The third-order valence-electron chi connectivity index (χ3n) is 3.53. The van der Waals surface area contributed by atoms with Crippen molar-refractivity contribution >= 4 is 12.0 Å². The van der Waals surface area contributed by atoms with E-state index in [0.29, 0.717) is 13.2 Å². The molecule has 0 aliphatic heterocycles. The second-order valence-corrected chi connectivity index (χ2v) is 5.64. The number of nitriles is 1. The number of carbonyl (C=O) groups is 1. The van der Waals surface area contributed by atoms with E-state index in [1.54, 1.807) is 6.08 Å². The van der Waals surface area contributed by atoms with Gasteiger partial charge in [-0.05, 0) is 36.6 Å². The molecular formula is C20H27NO3. The van der Waals surface area contributed by atoms with Gasteiger partial charge in [-0.25, -0.2) is 4.79 Å². The van der Waals surface area contributed by atoms with Crippen molar-refractivity contribution in [3.05, 3.63) is 35.4 Å². The van der Waals surface area contributed by atoms with E-state index in [0.717, 1.165) is 30.6 Å². The first-order chi connectivity index (χ1) is 11.7. The summed E-state index contributed by atoms with van der Waals surface area (Å²) in [5.74, 6) is 0.231. The monoisotopic (exact) mass is 329 g/mol. The van der Waals surface area contributed by atoms with Crippen LogP contribution >= 0.6 is 0 Å². The molecule has 0 saturated heterocycles. The van der Waals surface area contributed by atoms with Gasteiger partial charge in [-0.3, -0.25) is 0 Å². The molecule has 0 aliphatic rings. The van der Waals surface area contributed by atoms with Gasteiger partial charge in [-0.1, -0.05) is 51.7 Å². The van der Waals surface area contributed by atoms with Gasteiger partial charge in [0.05, 0.1) is 13.2 Å². The van der Waals surface area contributed by atoms with Gasteiger partial charge >= 0.3 is 5.97 Å². The fourth-order valence-electron chi connectivity index (χ4n) is 2.07. The minimum absolute atomic E-state index is 0.0133. The molecule has 4 nitrogen and oxygen atoms in total. The summed E-state index contributed by atoms with van der Waals surface area (Å²) in [4.78, 5) is 11.8. The fraction of sp³-hybridized carbons (Fsp3) is 0.500. The van der Waals surface area contributed by atoms with Gasteiger partial charge < -0.3 is 9.47 Å². The Kier molecular flexibility index (Phi) is 10.0. The minimum atomic E-state index is -0.567. The third-order valence-corrected chi connectivity index (χ3v) is 3.53. The molecule has 1 aromatic carbocycles. The van der Waals surface area contributed by atoms with E-state index in [-0.39, 0.29) is 5.57 Å². The second-order valence-electron chi connectivity index (χ2n) is 5.64. The number of rotatable bonds is 11. The normalized spacial score (nSPS) is 11.0. The van der Waals surface area contributed by atoms with Crippen LogP contribution in [0.3, 0.4) is 0 Å². The lowest BCUT2D eigenvalue weighted by atomic mass is 10.1. The van der Waals surface area contributed by atoms with Crippen molar-refractivity contribution < 1.29 is 14.3 Å². The van der Waals surface area contributed by atoms with Gasteiger partial charge in [0.1, 0.15) is 17.4 Å². The van der Waals surface area contributed by atoms with Crippen LogP contribution in [0.1, 0.15) is 57.9 Å². The molecule has 24 heavy (non-hydrogen) atoms. The summed E-state index contributed by atoms with van der Waals surface area (Å²) in [6.45, 7) is 5.26. The smallest absolute Gasteiger partial charge is 0.348 e. The summed E-state index contributed by atoms with van der Waals surface area (Å²) in [6.07, 6.45) is 7.97. The van der Waals surface area contributed by atoms with Crippen molar-refractivity contribution in [2.45, 2.75) is 52.4 Å². The fourth-order valence-corrected chi connectivity index (χ4v) is 2.07. The molecule has 1 aromatic rings. The molecular weight excluding hydrogens is 302 g/mol. The van der Waals surface area contributed by atoms with Gasteiger partial charge in [0, 0.05) is 0 Å². The average molecular weight is 329 g/mol. The number of esters is 1. The summed E-state index contributed by atoms with van der Waals surface area (Å²) in [7, 11) is 0. The molecule has 4 heteroatoms. The van der Waals surface area contributed by atoms with E-state index in [1.807, 2.05) is 37.3 Å². The van der Waals surface area contributed by atoms with Gasteiger partial charge in [0.2, 0.25) is 0 Å². The number of benzene rings is 1. The Morgan fingerprint density at radius 1 is 1.04 bits per heavy atom. The van der Waals surface area contributed by atoms with Crippen LogP contribution in [-0.2, 0) is 9.53 Å². The Morgan fingerprint density at radius 2 is 1.75 bits per heavy atom. The Balaban J connectivity index is 2.54. The van der Waals surface area contributed by atoms with Crippen LogP contribution in [0, 0.1) is 11.3 Å². The van der Waals surface area contributed by atoms with Gasteiger partial charge in [0.25, 0.3) is 0 Å². The Labute approximate surface area is 145 Å².